The molecule has 0 spiro atoms. The summed E-state index contributed by atoms with van der Waals surface area (Å²) in [7, 11) is 0. The van der Waals surface area contributed by atoms with Crippen LogP contribution in [0.15, 0.2) is 27.4 Å². The van der Waals surface area contributed by atoms with Gasteiger partial charge < -0.3 is 10.7 Å². The first-order valence-corrected chi connectivity index (χ1v) is 6.86. The average molecular weight is 308 g/mol. The smallest absolute Gasteiger partial charge is 0.343 e. The lowest BCUT2D eigenvalue weighted by atomic mass is 10.2. The molecule has 2 rings (SSSR count). The van der Waals surface area contributed by atoms with E-state index in [1.54, 1.807) is 0 Å². The second kappa shape index (κ2) is 6.31. The van der Waals surface area contributed by atoms with Crippen molar-refractivity contribution in [1.29, 1.82) is 0 Å². The summed E-state index contributed by atoms with van der Waals surface area (Å²) in [5.74, 6) is -0.232. The van der Waals surface area contributed by atoms with Gasteiger partial charge in [0.2, 0.25) is 5.82 Å². The van der Waals surface area contributed by atoms with E-state index in [2.05, 4.69) is 19.9 Å². The van der Waals surface area contributed by atoms with Crippen LogP contribution in [0.1, 0.15) is 19.0 Å². The summed E-state index contributed by atoms with van der Waals surface area (Å²) >= 11 is 0.871. The maximum Gasteiger partial charge on any atom is 0.343 e. The molecule has 0 aliphatic carbocycles. The molecule has 21 heavy (non-hydrogen) atoms. The molecule has 2 heterocycles. The van der Waals surface area contributed by atoms with Crippen molar-refractivity contribution in [3.8, 4) is 0 Å². The van der Waals surface area contributed by atoms with E-state index in [-0.39, 0.29) is 21.6 Å². The van der Waals surface area contributed by atoms with Crippen molar-refractivity contribution in [3.63, 3.8) is 0 Å². The Balaban J connectivity index is 2.41. The van der Waals surface area contributed by atoms with Crippen LogP contribution in [-0.4, -0.2) is 24.9 Å². The van der Waals surface area contributed by atoms with Crippen LogP contribution in [-0.2, 0) is 6.42 Å². The monoisotopic (exact) mass is 308 g/mol. The van der Waals surface area contributed by atoms with Gasteiger partial charge in [-0.15, -0.1) is 0 Å². The molecule has 0 aliphatic rings. The minimum absolute atomic E-state index is 0.0318. The van der Waals surface area contributed by atoms with Gasteiger partial charge in [0, 0.05) is 11.8 Å². The number of nitrogen functional groups attached to an aromatic ring is 1. The van der Waals surface area contributed by atoms with Gasteiger partial charge in [-0.3, -0.25) is 14.9 Å². The van der Waals surface area contributed by atoms with Gasteiger partial charge in [0.15, 0.2) is 10.2 Å². The number of hydrogen-bond acceptors (Lipinski definition) is 8. The molecule has 2 aromatic rings. The molecule has 9 nitrogen and oxygen atoms in total. The fraction of sp³-hybridized carbons (Fsp3) is 0.273. The van der Waals surface area contributed by atoms with Gasteiger partial charge in [0.25, 0.3) is 5.56 Å². The number of nitro groups is 1. The zero-order valence-electron chi connectivity index (χ0n) is 11.1. The molecular formula is C11H12N6O3S. The van der Waals surface area contributed by atoms with Gasteiger partial charge in [0.05, 0.1) is 4.92 Å². The molecule has 0 fully saturated rings. The van der Waals surface area contributed by atoms with Crippen LogP contribution in [0.25, 0.3) is 0 Å². The number of rotatable bonds is 5. The van der Waals surface area contributed by atoms with Gasteiger partial charge in [-0.2, -0.15) is 0 Å². The minimum atomic E-state index is -0.661. The minimum Gasteiger partial charge on any atom is -0.378 e. The molecule has 0 aliphatic heterocycles. The molecule has 0 amide bonds. The summed E-state index contributed by atoms with van der Waals surface area (Å²) in [4.78, 5) is 36.1. The third-order valence-corrected chi connectivity index (χ3v) is 3.35. The van der Waals surface area contributed by atoms with Gasteiger partial charge in [0.1, 0.15) is 6.33 Å². The van der Waals surface area contributed by atoms with E-state index in [0.717, 1.165) is 24.5 Å². The third kappa shape index (κ3) is 3.54. The molecule has 0 saturated carbocycles. The van der Waals surface area contributed by atoms with Crippen LogP contribution in [0.4, 0.5) is 11.5 Å². The van der Waals surface area contributed by atoms with Crippen molar-refractivity contribution in [3.05, 3.63) is 38.6 Å². The number of nitrogens with one attached hydrogen (secondary N) is 1. The zero-order valence-corrected chi connectivity index (χ0v) is 11.9. The molecule has 3 N–H and O–H groups in total. The van der Waals surface area contributed by atoms with Crippen LogP contribution >= 0.6 is 11.8 Å². The summed E-state index contributed by atoms with van der Waals surface area (Å²) in [6.45, 7) is 1.96. The Morgan fingerprint density at radius 2 is 2.24 bits per heavy atom. The van der Waals surface area contributed by atoms with Gasteiger partial charge in [-0.05, 0) is 18.2 Å². The fourth-order valence-corrected chi connectivity index (χ4v) is 2.50. The first-order valence-electron chi connectivity index (χ1n) is 6.04. The van der Waals surface area contributed by atoms with Gasteiger partial charge in [-0.1, -0.05) is 13.3 Å². The molecule has 0 bridgehead atoms. The van der Waals surface area contributed by atoms with E-state index in [1.165, 1.54) is 6.07 Å². The Kier molecular flexibility index (Phi) is 4.48. The van der Waals surface area contributed by atoms with E-state index in [1.807, 2.05) is 6.92 Å². The van der Waals surface area contributed by atoms with E-state index < -0.39 is 10.6 Å². The predicted molar refractivity (Wildman–Crippen MR) is 76.1 cm³/mol. The second-order valence-corrected chi connectivity index (χ2v) is 5.04. The van der Waals surface area contributed by atoms with Crippen LogP contribution in [0.5, 0.6) is 0 Å². The Hall–Kier alpha value is -2.49. The number of aromatic amines is 1. The maximum absolute atomic E-state index is 11.6. The lowest BCUT2D eigenvalue weighted by Gasteiger charge is -2.04. The highest BCUT2D eigenvalue weighted by atomic mass is 32.2. The van der Waals surface area contributed by atoms with E-state index in [4.69, 9.17) is 5.73 Å². The lowest BCUT2D eigenvalue weighted by molar-refractivity contribution is -0.387. The van der Waals surface area contributed by atoms with Gasteiger partial charge >= 0.3 is 5.69 Å². The number of aryl methyl sites for hydroxylation is 1. The first-order chi connectivity index (χ1) is 10.0. The molecule has 0 radical (unpaired) electrons. The SMILES string of the molecule is CCCc1cc(=O)[nH]c(Sc2ncnc(N)c2[N+](=O)[O-])n1. The largest absolute Gasteiger partial charge is 0.378 e. The zero-order chi connectivity index (χ0) is 15.4. The van der Waals surface area contributed by atoms with E-state index in [9.17, 15) is 14.9 Å². The number of nitrogens with two attached hydrogens (primary N) is 1. The van der Waals surface area contributed by atoms with E-state index in [0.29, 0.717) is 12.1 Å². The molecule has 0 atom stereocenters. The quantitative estimate of drug-likeness (QED) is 0.362. The van der Waals surface area contributed by atoms with Crippen LogP contribution in [0.2, 0.25) is 0 Å². The van der Waals surface area contributed by atoms with Crippen molar-refractivity contribution in [2.45, 2.75) is 29.9 Å². The number of H-pyrrole nitrogens is 1. The standard InChI is InChI=1S/C11H12N6O3S/c1-2-3-6-4-7(18)16-11(15-6)21-10-8(17(19)20)9(12)13-5-14-10/h4-5H,2-3H2,1H3,(H2,12,13,14)(H,15,16,18). The topological polar surface area (TPSA) is 141 Å². The highest BCUT2D eigenvalue weighted by molar-refractivity contribution is 7.99. The highest BCUT2D eigenvalue weighted by Gasteiger charge is 2.22. The van der Waals surface area contributed by atoms with Crippen molar-refractivity contribution in [1.82, 2.24) is 19.9 Å². The summed E-state index contributed by atoms with van der Waals surface area (Å²) < 4.78 is 0. The second-order valence-electron chi connectivity index (χ2n) is 4.06. The van der Waals surface area contributed by atoms with Crippen molar-refractivity contribution in [2.75, 3.05) is 5.73 Å². The summed E-state index contributed by atoms with van der Waals surface area (Å²) in [5.41, 5.74) is 5.39. The number of anilines is 1. The number of nitrogens with zero attached hydrogens (tertiary/aromatic N) is 4. The number of hydrogen-bond donors (Lipinski definition) is 2. The Morgan fingerprint density at radius 3 is 2.90 bits per heavy atom. The Bertz CT molecular complexity index is 732. The van der Waals surface area contributed by atoms with Crippen molar-refractivity contribution < 1.29 is 4.92 Å². The van der Waals surface area contributed by atoms with Crippen LogP contribution in [0, 0.1) is 10.1 Å². The normalized spacial score (nSPS) is 10.5. The summed E-state index contributed by atoms with van der Waals surface area (Å²) in [6.07, 6.45) is 2.60. The van der Waals surface area contributed by atoms with Crippen molar-refractivity contribution in [2.24, 2.45) is 0 Å². The molecule has 10 heteroatoms. The van der Waals surface area contributed by atoms with Gasteiger partial charge in [-0.25, -0.2) is 15.0 Å². The highest BCUT2D eigenvalue weighted by Crippen LogP contribution is 2.33. The summed E-state index contributed by atoms with van der Waals surface area (Å²) in [5, 5.41) is 11.3. The van der Waals surface area contributed by atoms with Crippen LogP contribution in [0.3, 0.4) is 0 Å². The third-order valence-electron chi connectivity index (χ3n) is 2.47. The Labute approximate surface area is 123 Å². The first kappa shape index (κ1) is 14.9. The summed E-state index contributed by atoms with van der Waals surface area (Å²) in [6, 6.07) is 1.40. The fourth-order valence-electron chi connectivity index (χ4n) is 1.63. The molecule has 0 aromatic carbocycles. The maximum atomic E-state index is 11.6. The van der Waals surface area contributed by atoms with E-state index >= 15 is 0 Å². The molecule has 2 aromatic heterocycles. The van der Waals surface area contributed by atoms with Crippen LogP contribution < -0.4 is 11.3 Å². The Morgan fingerprint density at radius 1 is 1.48 bits per heavy atom. The molecular weight excluding hydrogens is 296 g/mol. The predicted octanol–water partition coefficient (Wildman–Crippen LogP) is 1.15. The lowest BCUT2D eigenvalue weighted by Crippen LogP contribution is -2.10. The molecule has 110 valence electrons. The average Bonchev–Trinajstić information content (AvgIpc) is 2.37. The number of aromatic nitrogens is 4. The molecule has 0 unspecified atom stereocenters. The molecule has 0 saturated heterocycles. The van der Waals surface area contributed by atoms with Crippen molar-refractivity contribution >= 4 is 23.3 Å².